The van der Waals surface area contributed by atoms with Crippen molar-refractivity contribution in [3.8, 4) is 11.5 Å². The van der Waals surface area contributed by atoms with Crippen LogP contribution in [0.15, 0.2) is 42.5 Å². The van der Waals surface area contributed by atoms with Crippen LogP contribution in [0, 0.1) is 5.92 Å². The number of benzene rings is 2. The molecule has 2 amide bonds. The Morgan fingerprint density at radius 1 is 1.13 bits per heavy atom. The molecule has 0 bridgehead atoms. The summed E-state index contributed by atoms with van der Waals surface area (Å²) in [6, 6.07) is 13.1. The van der Waals surface area contributed by atoms with Crippen molar-refractivity contribution in [2.75, 3.05) is 13.7 Å². The van der Waals surface area contributed by atoms with E-state index in [9.17, 15) is 9.59 Å². The van der Waals surface area contributed by atoms with Gasteiger partial charge in [0, 0.05) is 25.9 Å². The molecular weight excluding hydrogens is 392 g/mol. The molecule has 0 aliphatic carbocycles. The first-order valence-corrected chi connectivity index (χ1v) is 10.9. The van der Waals surface area contributed by atoms with Gasteiger partial charge in [-0.05, 0) is 41.7 Å². The second kappa shape index (κ2) is 10.3. The number of methoxy groups -OCH3 is 1. The Labute approximate surface area is 184 Å². The van der Waals surface area contributed by atoms with Gasteiger partial charge in [-0.15, -0.1) is 0 Å². The van der Waals surface area contributed by atoms with Crippen LogP contribution in [0.5, 0.6) is 11.5 Å². The Balaban J connectivity index is 1.74. The lowest BCUT2D eigenvalue weighted by Gasteiger charge is -2.36. The number of nitrogens with zero attached hydrogens (tertiary/aromatic N) is 1. The third kappa shape index (κ3) is 5.57. The molecule has 3 rings (SSSR count). The highest BCUT2D eigenvalue weighted by Crippen LogP contribution is 2.28. The summed E-state index contributed by atoms with van der Waals surface area (Å²) in [5.74, 6) is 1.43. The van der Waals surface area contributed by atoms with Crippen LogP contribution in [0.4, 0.5) is 0 Å². The Morgan fingerprint density at radius 3 is 2.55 bits per heavy atom. The molecule has 1 aliphatic heterocycles. The summed E-state index contributed by atoms with van der Waals surface area (Å²) in [7, 11) is 1.60. The molecule has 1 unspecified atom stereocenters. The van der Waals surface area contributed by atoms with Crippen LogP contribution in [0.2, 0.25) is 0 Å². The lowest BCUT2D eigenvalue weighted by Crippen LogP contribution is -2.52. The third-order valence-electron chi connectivity index (χ3n) is 5.45. The summed E-state index contributed by atoms with van der Waals surface area (Å²) in [5.41, 5.74) is 3.14. The monoisotopic (exact) mass is 424 g/mol. The van der Waals surface area contributed by atoms with E-state index in [1.54, 1.807) is 12.0 Å². The van der Waals surface area contributed by atoms with Gasteiger partial charge in [-0.25, -0.2) is 0 Å². The summed E-state index contributed by atoms with van der Waals surface area (Å²) < 4.78 is 10.9. The molecular formula is C25H32N2O4. The minimum absolute atomic E-state index is 0.0207. The Morgan fingerprint density at radius 2 is 1.87 bits per heavy atom. The molecule has 2 aromatic rings. The Kier molecular flexibility index (Phi) is 7.55. The molecule has 0 saturated heterocycles. The number of carbonyl (C=O) groups excluding carboxylic acids is 2. The lowest BCUT2D eigenvalue weighted by atomic mass is 9.92. The van der Waals surface area contributed by atoms with Crippen LogP contribution in [0.1, 0.15) is 43.9 Å². The second-order valence-electron chi connectivity index (χ2n) is 8.24. The van der Waals surface area contributed by atoms with Crippen LogP contribution in [-0.2, 0) is 29.1 Å². The van der Waals surface area contributed by atoms with E-state index in [1.807, 2.05) is 63.2 Å². The van der Waals surface area contributed by atoms with E-state index >= 15 is 0 Å². The van der Waals surface area contributed by atoms with E-state index in [1.165, 1.54) is 0 Å². The van der Waals surface area contributed by atoms with Gasteiger partial charge in [0.05, 0.1) is 13.7 Å². The van der Waals surface area contributed by atoms with Crippen molar-refractivity contribution in [1.82, 2.24) is 10.2 Å². The topological polar surface area (TPSA) is 67.9 Å². The molecule has 1 aliphatic rings. The van der Waals surface area contributed by atoms with Gasteiger partial charge >= 0.3 is 0 Å². The van der Waals surface area contributed by atoms with Gasteiger partial charge in [-0.2, -0.15) is 0 Å². The zero-order valence-corrected chi connectivity index (χ0v) is 18.8. The predicted octanol–water partition coefficient (Wildman–Crippen LogP) is 3.71. The van der Waals surface area contributed by atoms with Crippen molar-refractivity contribution in [2.24, 2.45) is 5.92 Å². The van der Waals surface area contributed by atoms with E-state index in [-0.39, 0.29) is 17.7 Å². The molecule has 0 radical (unpaired) electrons. The standard InChI is InChI=1S/C25H32N2O4/c1-5-31-22-11-10-18(13-23(22)30-4)15-26-25(29)21-14-19-8-6-7-9-20(19)16-27(21)24(28)12-17(2)3/h6-11,13,17,21H,5,12,14-16H2,1-4H3,(H,26,29). The summed E-state index contributed by atoms with van der Waals surface area (Å²) in [6.45, 7) is 7.33. The number of fused-ring (bicyclic) bond motifs is 1. The molecule has 166 valence electrons. The number of rotatable bonds is 8. The molecule has 0 saturated carbocycles. The second-order valence-corrected chi connectivity index (χ2v) is 8.24. The molecule has 1 heterocycles. The molecule has 31 heavy (non-hydrogen) atoms. The van der Waals surface area contributed by atoms with Gasteiger partial charge < -0.3 is 19.7 Å². The zero-order chi connectivity index (χ0) is 22.4. The fourth-order valence-corrected chi connectivity index (χ4v) is 3.89. The van der Waals surface area contributed by atoms with Gasteiger partial charge in [-0.1, -0.05) is 44.2 Å². The van der Waals surface area contributed by atoms with Gasteiger partial charge in [0.25, 0.3) is 0 Å². The smallest absolute Gasteiger partial charge is 0.243 e. The van der Waals surface area contributed by atoms with E-state index in [0.717, 1.165) is 16.7 Å². The number of ether oxygens (including phenoxy) is 2. The summed E-state index contributed by atoms with van der Waals surface area (Å²) in [5, 5.41) is 3.01. The molecule has 2 aromatic carbocycles. The van der Waals surface area contributed by atoms with Crippen molar-refractivity contribution in [3.63, 3.8) is 0 Å². The van der Waals surface area contributed by atoms with Crippen molar-refractivity contribution < 1.29 is 19.1 Å². The zero-order valence-electron chi connectivity index (χ0n) is 18.8. The SMILES string of the molecule is CCOc1ccc(CNC(=O)C2Cc3ccccc3CN2C(=O)CC(C)C)cc1OC. The van der Waals surface area contributed by atoms with Crippen LogP contribution < -0.4 is 14.8 Å². The Bertz CT molecular complexity index is 925. The fraction of sp³-hybridized carbons (Fsp3) is 0.440. The third-order valence-corrected chi connectivity index (χ3v) is 5.45. The van der Waals surface area contributed by atoms with Crippen LogP contribution >= 0.6 is 0 Å². The van der Waals surface area contributed by atoms with Gasteiger partial charge in [0.15, 0.2) is 11.5 Å². The van der Waals surface area contributed by atoms with Gasteiger partial charge in [-0.3, -0.25) is 9.59 Å². The average molecular weight is 425 g/mol. The maximum Gasteiger partial charge on any atom is 0.243 e. The van der Waals surface area contributed by atoms with Crippen molar-refractivity contribution in [3.05, 3.63) is 59.2 Å². The van der Waals surface area contributed by atoms with Gasteiger partial charge in [0.1, 0.15) is 6.04 Å². The Hall–Kier alpha value is -3.02. The summed E-state index contributed by atoms with van der Waals surface area (Å²) in [6.07, 6.45) is 0.959. The van der Waals surface area contributed by atoms with Crippen LogP contribution in [-0.4, -0.2) is 36.5 Å². The number of nitrogens with one attached hydrogen (secondary N) is 1. The molecule has 0 spiro atoms. The summed E-state index contributed by atoms with van der Waals surface area (Å²) in [4.78, 5) is 27.8. The summed E-state index contributed by atoms with van der Waals surface area (Å²) >= 11 is 0. The average Bonchev–Trinajstić information content (AvgIpc) is 2.76. The van der Waals surface area contributed by atoms with Crippen molar-refractivity contribution in [2.45, 2.75) is 52.7 Å². The molecule has 0 fully saturated rings. The maximum absolute atomic E-state index is 13.1. The van der Waals surface area contributed by atoms with Crippen LogP contribution in [0.25, 0.3) is 0 Å². The predicted molar refractivity (Wildman–Crippen MR) is 120 cm³/mol. The fourth-order valence-electron chi connectivity index (χ4n) is 3.89. The lowest BCUT2D eigenvalue weighted by molar-refractivity contribution is -0.142. The molecule has 1 atom stereocenters. The first-order chi connectivity index (χ1) is 14.9. The van der Waals surface area contributed by atoms with Gasteiger partial charge in [0.2, 0.25) is 11.8 Å². The molecule has 6 heteroatoms. The van der Waals surface area contributed by atoms with E-state index in [0.29, 0.717) is 44.0 Å². The number of hydrogen-bond acceptors (Lipinski definition) is 4. The molecule has 0 aromatic heterocycles. The minimum atomic E-state index is -0.509. The number of amides is 2. The highest BCUT2D eigenvalue weighted by Gasteiger charge is 2.34. The van der Waals surface area contributed by atoms with E-state index in [2.05, 4.69) is 5.32 Å². The normalized spacial score (nSPS) is 15.4. The first-order valence-electron chi connectivity index (χ1n) is 10.9. The maximum atomic E-state index is 13.1. The molecule has 1 N–H and O–H groups in total. The number of carbonyl (C=O) groups is 2. The highest BCUT2D eigenvalue weighted by atomic mass is 16.5. The molecule has 6 nitrogen and oxygen atoms in total. The minimum Gasteiger partial charge on any atom is -0.493 e. The van der Waals surface area contributed by atoms with Crippen molar-refractivity contribution in [1.29, 1.82) is 0 Å². The number of hydrogen-bond donors (Lipinski definition) is 1. The largest absolute Gasteiger partial charge is 0.493 e. The van der Waals surface area contributed by atoms with E-state index < -0.39 is 6.04 Å². The van der Waals surface area contributed by atoms with Crippen molar-refractivity contribution >= 4 is 11.8 Å². The quantitative estimate of drug-likeness (QED) is 0.702. The van der Waals surface area contributed by atoms with E-state index in [4.69, 9.17) is 9.47 Å². The first kappa shape index (κ1) is 22.7. The highest BCUT2D eigenvalue weighted by molar-refractivity contribution is 5.88. The van der Waals surface area contributed by atoms with Crippen LogP contribution in [0.3, 0.4) is 0 Å².